The van der Waals surface area contributed by atoms with Crippen molar-refractivity contribution >= 4 is 17.5 Å². The van der Waals surface area contributed by atoms with E-state index in [4.69, 9.17) is 5.73 Å². The lowest BCUT2D eigenvalue weighted by atomic mass is 10.2. The van der Waals surface area contributed by atoms with Gasteiger partial charge >= 0.3 is 0 Å². The quantitative estimate of drug-likeness (QED) is 0.683. The molecule has 0 bridgehead atoms. The largest absolute Gasteiger partial charge is 0.395 e. The van der Waals surface area contributed by atoms with Gasteiger partial charge in [-0.25, -0.2) is 0 Å². The topological polar surface area (TPSA) is 102 Å². The summed E-state index contributed by atoms with van der Waals surface area (Å²) in [7, 11) is 1.51. The summed E-state index contributed by atoms with van der Waals surface area (Å²) in [6, 6.07) is -0.623. The van der Waals surface area contributed by atoms with Crippen molar-refractivity contribution in [2.45, 2.75) is 33.4 Å². The summed E-state index contributed by atoms with van der Waals surface area (Å²) >= 11 is 0. The van der Waals surface area contributed by atoms with Gasteiger partial charge in [-0.3, -0.25) is 14.3 Å². The van der Waals surface area contributed by atoms with Crippen LogP contribution in [0.2, 0.25) is 0 Å². The average Bonchev–Trinajstić information content (AvgIpc) is 2.63. The van der Waals surface area contributed by atoms with Crippen molar-refractivity contribution in [1.29, 1.82) is 0 Å². The Morgan fingerprint density at radius 2 is 2.11 bits per heavy atom. The van der Waals surface area contributed by atoms with E-state index < -0.39 is 11.9 Å². The zero-order chi connectivity index (χ0) is 13.9. The van der Waals surface area contributed by atoms with Crippen LogP contribution in [0.4, 0.5) is 5.69 Å². The second-order valence-corrected chi connectivity index (χ2v) is 3.97. The minimum Gasteiger partial charge on any atom is -0.395 e. The van der Waals surface area contributed by atoms with Crippen LogP contribution in [0.1, 0.15) is 30.0 Å². The van der Waals surface area contributed by atoms with E-state index in [1.807, 2.05) is 6.92 Å². The fraction of sp³-hybridized carbons (Fsp3) is 0.545. The summed E-state index contributed by atoms with van der Waals surface area (Å²) in [5, 5.41) is 9.20. The molecule has 0 saturated heterocycles. The first kappa shape index (κ1) is 14.0. The fourth-order valence-corrected chi connectivity index (χ4v) is 1.61. The molecule has 0 aliphatic heterocycles. The molecule has 0 aromatic carbocycles. The van der Waals surface area contributed by atoms with E-state index in [0.29, 0.717) is 23.6 Å². The van der Waals surface area contributed by atoms with Gasteiger partial charge in [0.15, 0.2) is 0 Å². The van der Waals surface area contributed by atoms with Crippen molar-refractivity contribution in [2.75, 3.05) is 12.8 Å². The molecule has 1 atom stereocenters. The van der Waals surface area contributed by atoms with Gasteiger partial charge in [0.2, 0.25) is 5.91 Å². The molecule has 0 aliphatic rings. The smallest absolute Gasteiger partial charge is 0.272 e. The Morgan fingerprint density at radius 3 is 2.61 bits per heavy atom. The second kappa shape index (κ2) is 5.52. The van der Waals surface area contributed by atoms with Gasteiger partial charge in [-0.2, -0.15) is 5.10 Å². The van der Waals surface area contributed by atoms with Crippen LogP contribution in [0.3, 0.4) is 0 Å². The maximum Gasteiger partial charge on any atom is 0.272 e. The molecular formula is C11H19N5O2. The van der Waals surface area contributed by atoms with Gasteiger partial charge in [0.1, 0.15) is 11.7 Å². The van der Waals surface area contributed by atoms with Gasteiger partial charge in [0.25, 0.3) is 5.91 Å². The van der Waals surface area contributed by atoms with Crippen LogP contribution in [0, 0.1) is 6.92 Å². The number of amides is 2. The number of nitrogen functional groups attached to an aromatic ring is 1. The Morgan fingerprint density at radius 1 is 1.50 bits per heavy atom. The Hall–Kier alpha value is -2.05. The minimum atomic E-state index is -0.623. The van der Waals surface area contributed by atoms with Gasteiger partial charge in [0, 0.05) is 13.6 Å². The molecule has 18 heavy (non-hydrogen) atoms. The van der Waals surface area contributed by atoms with Gasteiger partial charge in [-0.05, 0) is 20.8 Å². The number of nitrogens with one attached hydrogen (secondary N) is 2. The summed E-state index contributed by atoms with van der Waals surface area (Å²) in [6.07, 6.45) is 0. The molecule has 1 heterocycles. The van der Waals surface area contributed by atoms with Crippen LogP contribution >= 0.6 is 0 Å². The fourth-order valence-electron chi connectivity index (χ4n) is 1.61. The van der Waals surface area contributed by atoms with E-state index in [1.54, 1.807) is 13.8 Å². The molecular weight excluding hydrogens is 234 g/mol. The predicted octanol–water partition coefficient (Wildman–Crippen LogP) is -0.342. The number of anilines is 1. The predicted molar refractivity (Wildman–Crippen MR) is 68.0 cm³/mol. The third-order valence-electron chi connectivity index (χ3n) is 2.68. The number of hydrogen-bond acceptors (Lipinski definition) is 4. The number of nitrogens with zero attached hydrogens (tertiary/aromatic N) is 2. The average molecular weight is 253 g/mol. The molecule has 0 radical (unpaired) electrons. The third kappa shape index (κ3) is 2.61. The van der Waals surface area contributed by atoms with Gasteiger partial charge < -0.3 is 16.4 Å². The lowest BCUT2D eigenvalue weighted by Gasteiger charge is -2.13. The summed E-state index contributed by atoms with van der Waals surface area (Å²) in [5.74, 6) is -0.660. The molecule has 1 rings (SSSR count). The van der Waals surface area contributed by atoms with Gasteiger partial charge in [0.05, 0.1) is 11.4 Å². The first-order valence-electron chi connectivity index (χ1n) is 5.77. The molecule has 1 aromatic heterocycles. The molecule has 0 spiro atoms. The van der Waals surface area contributed by atoms with Crippen molar-refractivity contribution < 1.29 is 9.59 Å². The number of hydrogen-bond donors (Lipinski definition) is 3. The second-order valence-electron chi connectivity index (χ2n) is 3.97. The molecule has 0 fully saturated rings. The lowest BCUT2D eigenvalue weighted by molar-refractivity contribution is -0.122. The van der Waals surface area contributed by atoms with E-state index in [9.17, 15) is 9.59 Å². The highest BCUT2D eigenvalue weighted by molar-refractivity contribution is 6.00. The van der Waals surface area contributed by atoms with Crippen molar-refractivity contribution in [1.82, 2.24) is 20.4 Å². The van der Waals surface area contributed by atoms with Crippen molar-refractivity contribution in [2.24, 2.45) is 0 Å². The minimum absolute atomic E-state index is 0.263. The van der Waals surface area contributed by atoms with E-state index in [0.717, 1.165) is 0 Å². The first-order chi connectivity index (χ1) is 8.42. The molecule has 1 unspecified atom stereocenters. The van der Waals surface area contributed by atoms with Crippen molar-refractivity contribution in [3.8, 4) is 0 Å². The van der Waals surface area contributed by atoms with Crippen molar-refractivity contribution in [3.05, 3.63) is 11.4 Å². The third-order valence-corrected chi connectivity index (χ3v) is 2.68. The summed E-state index contributed by atoms with van der Waals surface area (Å²) in [4.78, 5) is 23.4. The number of rotatable bonds is 4. The van der Waals surface area contributed by atoms with Gasteiger partial charge in [-0.15, -0.1) is 0 Å². The van der Waals surface area contributed by atoms with Crippen LogP contribution in [0.25, 0.3) is 0 Å². The maximum atomic E-state index is 12.1. The number of carbonyl (C=O) groups is 2. The summed E-state index contributed by atoms with van der Waals surface area (Å²) < 4.78 is 1.52. The molecule has 100 valence electrons. The molecule has 0 saturated carbocycles. The summed E-state index contributed by atoms with van der Waals surface area (Å²) in [5.41, 5.74) is 7.07. The van der Waals surface area contributed by atoms with Crippen LogP contribution in [-0.2, 0) is 11.3 Å². The van der Waals surface area contributed by atoms with E-state index >= 15 is 0 Å². The highest BCUT2D eigenvalue weighted by atomic mass is 16.2. The lowest BCUT2D eigenvalue weighted by Crippen LogP contribution is -2.44. The Kier molecular flexibility index (Phi) is 4.30. The Balaban J connectivity index is 2.94. The van der Waals surface area contributed by atoms with E-state index in [2.05, 4.69) is 15.7 Å². The number of likely N-dealkylation sites (N-methyl/N-ethyl adjacent to an activating group) is 1. The standard InChI is InChI=1S/C11H19N5O2/c1-5-16-9(8(12)6(2)15-16)11(18)14-7(3)10(17)13-4/h7H,5,12H2,1-4H3,(H,13,17)(H,14,18). The molecule has 0 aliphatic carbocycles. The highest BCUT2D eigenvalue weighted by Gasteiger charge is 2.22. The van der Waals surface area contributed by atoms with Crippen molar-refractivity contribution in [3.63, 3.8) is 0 Å². The monoisotopic (exact) mass is 253 g/mol. The van der Waals surface area contributed by atoms with E-state index in [1.165, 1.54) is 11.7 Å². The van der Waals surface area contributed by atoms with Gasteiger partial charge in [-0.1, -0.05) is 0 Å². The number of aromatic nitrogens is 2. The zero-order valence-electron chi connectivity index (χ0n) is 11.1. The van der Waals surface area contributed by atoms with Crippen LogP contribution in [0.5, 0.6) is 0 Å². The molecule has 2 amide bonds. The Labute approximate surface area is 106 Å². The summed E-state index contributed by atoms with van der Waals surface area (Å²) in [6.45, 7) is 5.74. The van der Waals surface area contributed by atoms with Crippen LogP contribution < -0.4 is 16.4 Å². The molecule has 4 N–H and O–H groups in total. The Bertz CT molecular complexity index is 466. The van der Waals surface area contributed by atoms with Crippen LogP contribution in [0.15, 0.2) is 0 Å². The SMILES string of the molecule is CCn1nc(C)c(N)c1C(=O)NC(C)C(=O)NC. The highest BCUT2D eigenvalue weighted by Crippen LogP contribution is 2.16. The van der Waals surface area contributed by atoms with E-state index in [-0.39, 0.29) is 5.91 Å². The number of carbonyl (C=O) groups excluding carboxylic acids is 2. The normalized spacial score (nSPS) is 12.0. The first-order valence-corrected chi connectivity index (χ1v) is 5.77. The maximum absolute atomic E-state index is 12.1. The number of nitrogens with two attached hydrogens (primary N) is 1. The zero-order valence-corrected chi connectivity index (χ0v) is 11.1. The molecule has 1 aromatic rings. The molecule has 7 heteroatoms. The molecule has 7 nitrogen and oxygen atoms in total. The van der Waals surface area contributed by atoms with Crippen LogP contribution in [-0.4, -0.2) is 34.7 Å². The number of aryl methyl sites for hydroxylation is 2.